The summed E-state index contributed by atoms with van der Waals surface area (Å²) in [6.45, 7) is 1.97. The topological polar surface area (TPSA) is 70.3 Å². The van der Waals surface area contributed by atoms with Gasteiger partial charge in [0.2, 0.25) is 0 Å². The van der Waals surface area contributed by atoms with E-state index in [0.717, 1.165) is 0 Å². The van der Waals surface area contributed by atoms with Crippen molar-refractivity contribution in [2.24, 2.45) is 5.92 Å². The van der Waals surface area contributed by atoms with Gasteiger partial charge in [-0.3, -0.25) is 0 Å². The molecule has 0 bridgehead atoms. The van der Waals surface area contributed by atoms with Gasteiger partial charge in [-0.25, -0.2) is 4.79 Å². The van der Waals surface area contributed by atoms with Crippen molar-refractivity contribution < 1.29 is 14.6 Å². The molecule has 0 rings (SSSR count). The zero-order chi connectivity index (χ0) is 8.69. The van der Waals surface area contributed by atoms with Gasteiger partial charge in [-0.15, -0.1) is 0 Å². The van der Waals surface area contributed by atoms with Crippen LogP contribution in [0.15, 0.2) is 0 Å². The summed E-state index contributed by atoms with van der Waals surface area (Å²) in [6, 6.07) is 2.05. The predicted octanol–water partition coefficient (Wildman–Crippen LogP) is 1.62. The number of ether oxygens (including phenoxy) is 1. The Morgan fingerprint density at radius 2 is 2.45 bits per heavy atom. The highest BCUT2D eigenvalue weighted by atomic mass is 16.7. The molecule has 0 aliphatic carbocycles. The third-order valence-corrected chi connectivity index (χ3v) is 1.23. The first kappa shape index (κ1) is 9.76. The highest BCUT2D eigenvalue weighted by molar-refractivity contribution is 5.56. The molecule has 1 unspecified atom stereocenters. The minimum atomic E-state index is -1.25. The van der Waals surface area contributed by atoms with Crippen molar-refractivity contribution in [3.05, 3.63) is 0 Å². The number of carboxylic acid groups (broad SMARTS) is 1. The second-order valence-electron chi connectivity index (χ2n) is 2.29. The van der Waals surface area contributed by atoms with Crippen molar-refractivity contribution in [3.63, 3.8) is 0 Å². The van der Waals surface area contributed by atoms with Crippen LogP contribution in [0.4, 0.5) is 4.79 Å². The molecule has 0 radical (unpaired) electrons. The lowest BCUT2D eigenvalue weighted by atomic mass is 10.1. The first-order chi connectivity index (χ1) is 5.16. The quantitative estimate of drug-likeness (QED) is 0.497. The first-order valence-electron chi connectivity index (χ1n) is 3.42. The van der Waals surface area contributed by atoms with Gasteiger partial charge < -0.3 is 9.84 Å². The van der Waals surface area contributed by atoms with E-state index in [1.165, 1.54) is 0 Å². The zero-order valence-electron chi connectivity index (χ0n) is 6.41. The van der Waals surface area contributed by atoms with Crippen LogP contribution in [0.3, 0.4) is 0 Å². The Morgan fingerprint density at radius 1 is 1.82 bits per heavy atom. The summed E-state index contributed by atoms with van der Waals surface area (Å²) < 4.78 is 4.24. The van der Waals surface area contributed by atoms with Crippen LogP contribution >= 0.6 is 0 Å². The minimum Gasteiger partial charge on any atom is -0.450 e. The third-order valence-electron chi connectivity index (χ3n) is 1.23. The number of carbonyl (C=O) groups is 1. The van der Waals surface area contributed by atoms with Crippen molar-refractivity contribution in [1.82, 2.24) is 0 Å². The van der Waals surface area contributed by atoms with E-state index in [9.17, 15) is 4.79 Å². The van der Waals surface area contributed by atoms with E-state index < -0.39 is 6.16 Å². The molecule has 0 amide bonds. The molecule has 4 heteroatoms. The van der Waals surface area contributed by atoms with Gasteiger partial charge >= 0.3 is 6.16 Å². The summed E-state index contributed by atoms with van der Waals surface area (Å²) >= 11 is 0. The molecule has 0 aromatic rings. The number of nitriles is 1. The molecule has 4 nitrogen and oxygen atoms in total. The molecule has 11 heavy (non-hydrogen) atoms. The standard InChI is InChI=1S/C7H11NO3/c1-6(5-8)3-2-4-11-7(9)10/h6H,2-4H2,1H3,(H,9,10). The molecular weight excluding hydrogens is 146 g/mol. The van der Waals surface area contributed by atoms with E-state index in [1.54, 1.807) is 6.92 Å². The van der Waals surface area contributed by atoms with Gasteiger partial charge in [0.25, 0.3) is 0 Å². The molecular formula is C7H11NO3. The molecule has 0 aromatic carbocycles. The molecule has 0 heterocycles. The van der Waals surface area contributed by atoms with Crippen molar-refractivity contribution in [3.8, 4) is 6.07 Å². The van der Waals surface area contributed by atoms with E-state index in [1.807, 2.05) is 0 Å². The minimum absolute atomic E-state index is 0.0209. The lowest BCUT2D eigenvalue weighted by molar-refractivity contribution is 0.0895. The third kappa shape index (κ3) is 6.65. The molecule has 0 aliphatic heterocycles. The molecule has 0 aromatic heterocycles. The second kappa shape index (κ2) is 5.54. The Morgan fingerprint density at radius 3 is 2.91 bits per heavy atom. The molecule has 0 saturated carbocycles. The number of nitrogens with zero attached hydrogens (tertiary/aromatic N) is 1. The van der Waals surface area contributed by atoms with Gasteiger partial charge in [0.1, 0.15) is 0 Å². The number of rotatable bonds is 4. The Kier molecular flexibility index (Phi) is 4.91. The predicted molar refractivity (Wildman–Crippen MR) is 38.0 cm³/mol. The summed E-state index contributed by atoms with van der Waals surface area (Å²) in [5.41, 5.74) is 0. The lowest BCUT2D eigenvalue weighted by Gasteiger charge is -2.00. The smallest absolute Gasteiger partial charge is 0.450 e. The lowest BCUT2D eigenvalue weighted by Crippen LogP contribution is -2.03. The van der Waals surface area contributed by atoms with E-state index in [-0.39, 0.29) is 12.5 Å². The van der Waals surface area contributed by atoms with Crippen LogP contribution < -0.4 is 0 Å². The molecule has 0 spiro atoms. The van der Waals surface area contributed by atoms with Crippen molar-refractivity contribution >= 4 is 6.16 Å². The molecule has 62 valence electrons. The molecule has 0 saturated heterocycles. The summed E-state index contributed by atoms with van der Waals surface area (Å²) in [4.78, 5) is 9.83. The van der Waals surface area contributed by atoms with E-state index in [4.69, 9.17) is 10.4 Å². The molecule has 0 aliphatic rings. The van der Waals surface area contributed by atoms with Crippen LogP contribution in [0.1, 0.15) is 19.8 Å². The van der Waals surface area contributed by atoms with E-state index in [0.29, 0.717) is 12.8 Å². The van der Waals surface area contributed by atoms with Crippen LogP contribution in [0.25, 0.3) is 0 Å². The summed E-state index contributed by atoms with van der Waals surface area (Å²) in [6.07, 6.45) is 0.0414. The van der Waals surface area contributed by atoms with Crippen LogP contribution in [-0.4, -0.2) is 17.9 Å². The summed E-state index contributed by atoms with van der Waals surface area (Å²) in [7, 11) is 0. The maximum Gasteiger partial charge on any atom is 0.505 e. The van der Waals surface area contributed by atoms with Gasteiger partial charge in [0, 0.05) is 5.92 Å². The van der Waals surface area contributed by atoms with Gasteiger partial charge in [0.15, 0.2) is 0 Å². The average molecular weight is 157 g/mol. The van der Waals surface area contributed by atoms with Gasteiger partial charge in [0.05, 0.1) is 12.7 Å². The van der Waals surface area contributed by atoms with Crippen molar-refractivity contribution in [1.29, 1.82) is 5.26 Å². The summed E-state index contributed by atoms with van der Waals surface area (Å²) in [5.74, 6) is -0.0209. The number of hydrogen-bond acceptors (Lipinski definition) is 3. The Labute approximate surface area is 65.4 Å². The molecule has 1 N–H and O–H groups in total. The average Bonchev–Trinajstić information content (AvgIpc) is 1.97. The fourth-order valence-corrected chi connectivity index (χ4v) is 0.614. The Balaban J connectivity index is 3.16. The summed E-state index contributed by atoms with van der Waals surface area (Å²) in [5, 5.41) is 16.4. The molecule has 0 fully saturated rings. The maximum atomic E-state index is 9.83. The van der Waals surface area contributed by atoms with Crippen molar-refractivity contribution in [2.75, 3.05) is 6.61 Å². The second-order valence-corrected chi connectivity index (χ2v) is 2.29. The van der Waals surface area contributed by atoms with Crippen LogP contribution in [0, 0.1) is 17.2 Å². The van der Waals surface area contributed by atoms with Gasteiger partial charge in [-0.2, -0.15) is 5.26 Å². The van der Waals surface area contributed by atoms with Gasteiger partial charge in [-0.05, 0) is 19.8 Å². The van der Waals surface area contributed by atoms with E-state index in [2.05, 4.69) is 10.8 Å². The largest absolute Gasteiger partial charge is 0.505 e. The normalized spacial score (nSPS) is 11.6. The fraction of sp³-hybridized carbons (Fsp3) is 0.714. The first-order valence-corrected chi connectivity index (χ1v) is 3.42. The van der Waals surface area contributed by atoms with Crippen LogP contribution in [-0.2, 0) is 4.74 Å². The maximum absolute atomic E-state index is 9.83. The zero-order valence-corrected chi connectivity index (χ0v) is 6.41. The SMILES string of the molecule is CC(C#N)CCCOC(=O)O. The highest BCUT2D eigenvalue weighted by Crippen LogP contribution is 2.02. The number of hydrogen-bond donors (Lipinski definition) is 1. The highest BCUT2D eigenvalue weighted by Gasteiger charge is 2.00. The van der Waals surface area contributed by atoms with Gasteiger partial charge in [-0.1, -0.05) is 0 Å². The Bertz CT molecular complexity index is 162. The van der Waals surface area contributed by atoms with Crippen LogP contribution in [0.2, 0.25) is 0 Å². The van der Waals surface area contributed by atoms with Crippen LogP contribution in [0.5, 0.6) is 0 Å². The Hall–Kier alpha value is -1.24. The van der Waals surface area contributed by atoms with Crippen molar-refractivity contribution in [2.45, 2.75) is 19.8 Å². The van der Waals surface area contributed by atoms with E-state index >= 15 is 0 Å². The molecule has 1 atom stereocenters. The fourth-order valence-electron chi connectivity index (χ4n) is 0.614. The monoisotopic (exact) mass is 157 g/mol.